The number of benzene rings is 1. The number of aromatic nitrogens is 1. The summed E-state index contributed by atoms with van der Waals surface area (Å²) in [6.07, 6.45) is 5.48. The van der Waals surface area contributed by atoms with Crippen molar-refractivity contribution in [1.29, 1.82) is 0 Å². The highest BCUT2D eigenvalue weighted by atomic mass is 35.5. The summed E-state index contributed by atoms with van der Waals surface area (Å²) < 4.78 is 1.20. The van der Waals surface area contributed by atoms with Crippen molar-refractivity contribution < 1.29 is 4.79 Å². The van der Waals surface area contributed by atoms with Crippen molar-refractivity contribution in [2.45, 2.75) is 38.0 Å². The Morgan fingerprint density at radius 1 is 1.23 bits per heavy atom. The topological polar surface area (TPSA) is 33.2 Å². The molecule has 0 bridgehead atoms. The van der Waals surface area contributed by atoms with Crippen molar-refractivity contribution in [3.05, 3.63) is 28.2 Å². The third-order valence-electron chi connectivity index (χ3n) is 4.98. The smallest absolute Gasteiger partial charge is 0.225 e. The molecule has 1 saturated carbocycles. The molecular formula is C17H19ClN2OS. The van der Waals surface area contributed by atoms with Gasteiger partial charge in [-0.3, -0.25) is 4.79 Å². The zero-order chi connectivity index (χ0) is 15.1. The van der Waals surface area contributed by atoms with Crippen LogP contribution in [-0.2, 0) is 4.79 Å². The normalized spacial score (nSPS) is 20.3. The summed E-state index contributed by atoms with van der Waals surface area (Å²) in [5, 5.41) is 1.94. The number of thiazole rings is 1. The number of halogens is 1. The lowest BCUT2D eigenvalue weighted by molar-refractivity contribution is -0.139. The van der Waals surface area contributed by atoms with Gasteiger partial charge in [-0.1, -0.05) is 18.0 Å². The van der Waals surface area contributed by atoms with Gasteiger partial charge in [0, 0.05) is 29.9 Å². The Kier molecular flexibility index (Phi) is 3.82. The van der Waals surface area contributed by atoms with E-state index in [-0.39, 0.29) is 0 Å². The zero-order valence-electron chi connectivity index (χ0n) is 12.4. The number of carbonyl (C=O) groups excluding carboxylic acids is 1. The molecule has 0 N–H and O–H groups in total. The molecule has 0 unspecified atom stereocenters. The second-order valence-corrected chi connectivity index (χ2v) is 7.89. The number of rotatable bonds is 2. The molecule has 1 aliphatic carbocycles. The molecule has 1 saturated heterocycles. The standard InChI is InChI=1S/C17H19ClN2OS/c18-13-4-5-15-14(10-13)19-16(22-15)11-6-8-20(9-7-11)17(21)12-2-1-3-12/h4-5,10-12H,1-3,6-9H2. The van der Waals surface area contributed by atoms with E-state index < -0.39 is 0 Å². The summed E-state index contributed by atoms with van der Waals surface area (Å²) in [6.45, 7) is 1.77. The van der Waals surface area contributed by atoms with E-state index in [2.05, 4.69) is 4.90 Å². The molecule has 2 heterocycles. The van der Waals surface area contributed by atoms with Crippen LogP contribution in [0, 0.1) is 5.92 Å². The van der Waals surface area contributed by atoms with Gasteiger partial charge in [-0.2, -0.15) is 0 Å². The summed E-state index contributed by atoms with van der Waals surface area (Å²) in [6, 6.07) is 5.91. The Labute approximate surface area is 139 Å². The second-order valence-electron chi connectivity index (χ2n) is 6.39. The van der Waals surface area contributed by atoms with E-state index in [1.807, 2.05) is 18.2 Å². The predicted molar refractivity (Wildman–Crippen MR) is 90.5 cm³/mol. The van der Waals surface area contributed by atoms with Crippen LogP contribution in [0.25, 0.3) is 10.2 Å². The van der Waals surface area contributed by atoms with Crippen molar-refractivity contribution in [2.24, 2.45) is 5.92 Å². The summed E-state index contributed by atoms with van der Waals surface area (Å²) >= 11 is 7.81. The highest BCUT2D eigenvalue weighted by Crippen LogP contribution is 2.36. The van der Waals surface area contributed by atoms with Gasteiger partial charge in [0.2, 0.25) is 5.91 Å². The minimum atomic E-state index is 0.321. The molecule has 1 aromatic carbocycles. The highest BCUT2D eigenvalue weighted by molar-refractivity contribution is 7.18. The van der Waals surface area contributed by atoms with E-state index in [0.717, 1.165) is 49.3 Å². The maximum atomic E-state index is 12.3. The number of amides is 1. The molecular weight excluding hydrogens is 316 g/mol. The fourth-order valence-corrected chi connectivity index (χ4v) is 4.64. The Morgan fingerprint density at radius 2 is 2.00 bits per heavy atom. The molecule has 0 radical (unpaired) electrons. The lowest BCUT2D eigenvalue weighted by Crippen LogP contribution is -2.43. The van der Waals surface area contributed by atoms with Crippen LogP contribution < -0.4 is 0 Å². The molecule has 2 aromatic rings. The molecule has 2 aliphatic rings. The molecule has 2 fully saturated rings. The Morgan fingerprint density at radius 3 is 2.68 bits per heavy atom. The molecule has 4 rings (SSSR count). The van der Waals surface area contributed by atoms with Crippen LogP contribution in [0.15, 0.2) is 18.2 Å². The van der Waals surface area contributed by atoms with Gasteiger partial charge in [0.05, 0.1) is 15.2 Å². The summed E-state index contributed by atoms with van der Waals surface area (Å²) in [5.41, 5.74) is 1.00. The number of piperidine rings is 1. The van der Waals surface area contributed by atoms with Crippen LogP contribution in [-0.4, -0.2) is 28.9 Å². The van der Waals surface area contributed by atoms with E-state index in [0.29, 0.717) is 17.7 Å². The molecule has 5 heteroatoms. The number of hydrogen-bond acceptors (Lipinski definition) is 3. The van der Waals surface area contributed by atoms with Gasteiger partial charge in [-0.05, 0) is 43.9 Å². The predicted octanol–water partition coefficient (Wildman–Crippen LogP) is 4.46. The molecule has 1 amide bonds. The van der Waals surface area contributed by atoms with Gasteiger partial charge >= 0.3 is 0 Å². The average molecular weight is 335 g/mol. The van der Waals surface area contributed by atoms with E-state index in [9.17, 15) is 4.79 Å². The monoisotopic (exact) mass is 334 g/mol. The third-order valence-corrected chi connectivity index (χ3v) is 6.41. The molecule has 0 atom stereocenters. The number of fused-ring (bicyclic) bond motifs is 1. The summed E-state index contributed by atoms with van der Waals surface area (Å²) in [5.74, 6) is 1.20. The third kappa shape index (κ3) is 2.63. The number of hydrogen-bond donors (Lipinski definition) is 0. The minimum absolute atomic E-state index is 0.321. The van der Waals surface area contributed by atoms with Crippen LogP contribution in [0.3, 0.4) is 0 Å². The lowest BCUT2D eigenvalue weighted by Gasteiger charge is -2.36. The van der Waals surface area contributed by atoms with Crippen molar-refractivity contribution in [1.82, 2.24) is 9.88 Å². The Balaban J connectivity index is 1.44. The Hall–Kier alpha value is -1.13. The molecule has 3 nitrogen and oxygen atoms in total. The molecule has 22 heavy (non-hydrogen) atoms. The fraction of sp³-hybridized carbons (Fsp3) is 0.529. The second kappa shape index (κ2) is 5.82. The first-order valence-corrected chi connectivity index (χ1v) is 9.25. The van der Waals surface area contributed by atoms with Crippen molar-refractivity contribution >= 4 is 39.1 Å². The minimum Gasteiger partial charge on any atom is -0.342 e. The van der Waals surface area contributed by atoms with Gasteiger partial charge in [0.25, 0.3) is 0 Å². The zero-order valence-corrected chi connectivity index (χ0v) is 14.0. The number of carbonyl (C=O) groups is 1. The largest absolute Gasteiger partial charge is 0.342 e. The maximum absolute atomic E-state index is 12.3. The van der Waals surface area contributed by atoms with Crippen LogP contribution in [0.2, 0.25) is 5.02 Å². The van der Waals surface area contributed by atoms with Crippen molar-refractivity contribution in [3.63, 3.8) is 0 Å². The summed E-state index contributed by atoms with van der Waals surface area (Å²) in [7, 11) is 0. The first-order valence-electron chi connectivity index (χ1n) is 8.05. The van der Waals surface area contributed by atoms with Gasteiger partial charge in [-0.15, -0.1) is 11.3 Å². The van der Waals surface area contributed by atoms with E-state index >= 15 is 0 Å². The Bertz CT molecular complexity index is 702. The first kappa shape index (κ1) is 14.5. The number of nitrogens with zero attached hydrogens (tertiary/aromatic N) is 2. The SMILES string of the molecule is O=C(C1CCC1)N1CCC(c2nc3cc(Cl)ccc3s2)CC1. The lowest BCUT2D eigenvalue weighted by atomic mass is 9.83. The van der Waals surface area contributed by atoms with E-state index in [1.54, 1.807) is 11.3 Å². The molecule has 1 aromatic heterocycles. The van der Waals surface area contributed by atoms with E-state index in [4.69, 9.17) is 16.6 Å². The van der Waals surface area contributed by atoms with Crippen LogP contribution in [0.5, 0.6) is 0 Å². The molecule has 116 valence electrons. The van der Waals surface area contributed by atoms with Crippen molar-refractivity contribution in [3.8, 4) is 0 Å². The van der Waals surface area contributed by atoms with Crippen LogP contribution in [0.4, 0.5) is 0 Å². The van der Waals surface area contributed by atoms with Gasteiger partial charge in [0.1, 0.15) is 0 Å². The van der Waals surface area contributed by atoms with Gasteiger partial charge in [-0.25, -0.2) is 4.98 Å². The quantitative estimate of drug-likeness (QED) is 0.812. The number of likely N-dealkylation sites (tertiary alicyclic amines) is 1. The van der Waals surface area contributed by atoms with Gasteiger partial charge < -0.3 is 4.90 Å². The van der Waals surface area contributed by atoms with Crippen LogP contribution >= 0.6 is 22.9 Å². The van der Waals surface area contributed by atoms with Crippen molar-refractivity contribution in [2.75, 3.05) is 13.1 Å². The molecule has 0 spiro atoms. The first-order chi connectivity index (χ1) is 10.7. The summed E-state index contributed by atoms with van der Waals surface area (Å²) in [4.78, 5) is 19.1. The fourth-order valence-electron chi connectivity index (χ4n) is 3.35. The van der Waals surface area contributed by atoms with Crippen LogP contribution in [0.1, 0.15) is 43.0 Å². The van der Waals surface area contributed by atoms with E-state index in [1.165, 1.54) is 16.1 Å². The maximum Gasteiger partial charge on any atom is 0.225 e. The molecule has 1 aliphatic heterocycles. The van der Waals surface area contributed by atoms with Gasteiger partial charge in [0.15, 0.2) is 0 Å². The highest BCUT2D eigenvalue weighted by Gasteiger charge is 2.32. The average Bonchev–Trinajstić information content (AvgIpc) is 2.88.